The minimum atomic E-state index is -2.24. The van der Waals surface area contributed by atoms with Crippen LogP contribution in [0.4, 0.5) is 0 Å². The van der Waals surface area contributed by atoms with Gasteiger partial charge in [-0.2, -0.15) is 4.21 Å². The van der Waals surface area contributed by atoms with Crippen LogP contribution in [-0.2, 0) is 15.5 Å². The standard InChI is InChI=1S/C13H17ClO3S/c14-12-8-6-11(7-9-12)13(17-18(15)16)10-4-2-1-3-5-10/h6-10,13H,1-5H2,(H,15,16). The number of hydrogen-bond acceptors (Lipinski definition) is 2. The van der Waals surface area contributed by atoms with Gasteiger partial charge in [0, 0.05) is 5.02 Å². The third kappa shape index (κ3) is 3.79. The molecule has 1 aromatic rings. The first-order chi connectivity index (χ1) is 8.66. The maximum Gasteiger partial charge on any atom is 0.302 e. The summed E-state index contributed by atoms with van der Waals surface area (Å²) in [7, 11) is 0. The topological polar surface area (TPSA) is 46.5 Å². The molecule has 18 heavy (non-hydrogen) atoms. The molecule has 2 unspecified atom stereocenters. The van der Waals surface area contributed by atoms with Crippen LogP contribution in [0.5, 0.6) is 0 Å². The van der Waals surface area contributed by atoms with Crippen molar-refractivity contribution in [2.45, 2.75) is 38.2 Å². The van der Waals surface area contributed by atoms with E-state index in [-0.39, 0.29) is 6.10 Å². The monoisotopic (exact) mass is 288 g/mol. The molecule has 5 heteroatoms. The van der Waals surface area contributed by atoms with E-state index >= 15 is 0 Å². The van der Waals surface area contributed by atoms with Gasteiger partial charge in [-0.3, -0.25) is 8.74 Å². The van der Waals surface area contributed by atoms with Gasteiger partial charge < -0.3 is 0 Å². The van der Waals surface area contributed by atoms with Gasteiger partial charge in [-0.1, -0.05) is 43.0 Å². The molecular formula is C13H17ClO3S. The molecule has 0 bridgehead atoms. The van der Waals surface area contributed by atoms with Crippen LogP contribution in [0.15, 0.2) is 24.3 Å². The molecule has 1 aromatic carbocycles. The zero-order valence-electron chi connectivity index (χ0n) is 10.0. The van der Waals surface area contributed by atoms with E-state index in [1.807, 2.05) is 12.1 Å². The molecule has 1 aliphatic rings. The maximum atomic E-state index is 11.0. The highest BCUT2D eigenvalue weighted by atomic mass is 35.5. The van der Waals surface area contributed by atoms with Crippen molar-refractivity contribution in [3.8, 4) is 0 Å². The van der Waals surface area contributed by atoms with Gasteiger partial charge in [-0.05, 0) is 36.5 Å². The van der Waals surface area contributed by atoms with E-state index in [2.05, 4.69) is 0 Å². The van der Waals surface area contributed by atoms with E-state index in [1.54, 1.807) is 12.1 Å². The molecule has 0 spiro atoms. The van der Waals surface area contributed by atoms with Crippen LogP contribution in [0.2, 0.25) is 5.02 Å². The van der Waals surface area contributed by atoms with Crippen LogP contribution < -0.4 is 0 Å². The van der Waals surface area contributed by atoms with Crippen LogP contribution >= 0.6 is 11.6 Å². The van der Waals surface area contributed by atoms with Crippen LogP contribution in [0.1, 0.15) is 43.8 Å². The number of benzene rings is 1. The third-order valence-corrected chi connectivity index (χ3v) is 4.09. The Kier molecular flexibility index (Phi) is 5.18. The van der Waals surface area contributed by atoms with Crippen molar-refractivity contribution in [1.82, 2.24) is 0 Å². The minimum Gasteiger partial charge on any atom is -0.284 e. The Bertz CT molecular complexity index is 401. The molecule has 1 saturated carbocycles. The minimum absolute atomic E-state index is 0.312. The predicted molar refractivity (Wildman–Crippen MR) is 72.6 cm³/mol. The van der Waals surface area contributed by atoms with Crippen molar-refractivity contribution >= 4 is 23.0 Å². The fourth-order valence-corrected chi connectivity index (χ4v) is 3.16. The highest BCUT2D eigenvalue weighted by molar-refractivity contribution is 7.74. The SMILES string of the molecule is O=S(O)OC(c1ccc(Cl)cc1)C1CCCCC1. The van der Waals surface area contributed by atoms with Crippen molar-refractivity contribution in [1.29, 1.82) is 0 Å². The zero-order valence-corrected chi connectivity index (χ0v) is 11.6. The van der Waals surface area contributed by atoms with Gasteiger partial charge in [-0.25, -0.2) is 0 Å². The lowest BCUT2D eigenvalue weighted by atomic mass is 9.83. The summed E-state index contributed by atoms with van der Waals surface area (Å²) in [5, 5.41) is 0.659. The average molecular weight is 289 g/mol. The Balaban J connectivity index is 2.17. The lowest BCUT2D eigenvalue weighted by Gasteiger charge is -2.29. The summed E-state index contributed by atoms with van der Waals surface area (Å²) in [6.07, 6.45) is 5.35. The fraction of sp³-hybridized carbons (Fsp3) is 0.538. The smallest absolute Gasteiger partial charge is 0.284 e. The Morgan fingerprint density at radius 2 is 1.83 bits per heavy atom. The Morgan fingerprint density at radius 1 is 1.22 bits per heavy atom. The van der Waals surface area contributed by atoms with E-state index in [0.29, 0.717) is 10.9 Å². The van der Waals surface area contributed by atoms with Crippen molar-refractivity contribution in [2.24, 2.45) is 5.92 Å². The number of rotatable bonds is 4. The van der Waals surface area contributed by atoms with Gasteiger partial charge in [0.2, 0.25) is 0 Å². The van der Waals surface area contributed by atoms with Crippen LogP contribution in [0.25, 0.3) is 0 Å². The fourth-order valence-electron chi connectivity index (χ4n) is 2.58. The number of hydrogen-bond donors (Lipinski definition) is 1. The molecule has 1 fully saturated rings. The molecule has 0 radical (unpaired) electrons. The van der Waals surface area contributed by atoms with Crippen LogP contribution in [-0.4, -0.2) is 8.76 Å². The molecule has 0 aromatic heterocycles. The first kappa shape index (κ1) is 14.0. The predicted octanol–water partition coefficient (Wildman–Crippen LogP) is 4.11. The molecule has 100 valence electrons. The molecule has 0 saturated heterocycles. The summed E-state index contributed by atoms with van der Waals surface area (Å²) < 4.78 is 25.1. The maximum absolute atomic E-state index is 11.0. The molecule has 0 heterocycles. The first-order valence-corrected chi connectivity index (χ1v) is 7.61. The molecule has 0 amide bonds. The second-order valence-corrected chi connectivity index (χ2v) is 5.75. The van der Waals surface area contributed by atoms with Gasteiger partial charge in [0.25, 0.3) is 0 Å². The molecule has 1 N–H and O–H groups in total. The summed E-state index contributed by atoms with van der Waals surface area (Å²) in [4.78, 5) is 0. The van der Waals surface area contributed by atoms with Crippen molar-refractivity contribution in [3.05, 3.63) is 34.9 Å². The summed E-state index contributed by atoms with van der Waals surface area (Å²) >= 11 is 3.62. The Morgan fingerprint density at radius 3 is 2.39 bits per heavy atom. The van der Waals surface area contributed by atoms with Crippen LogP contribution in [0, 0.1) is 5.92 Å². The van der Waals surface area contributed by atoms with E-state index in [9.17, 15) is 4.21 Å². The lowest BCUT2D eigenvalue weighted by molar-refractivity contribution is 0.112. The molecule has 2 atom stereocenters. The molecule has 2 rings (SSSR count). The van der Waals surface area contributed by atoms with Gasteiger partial charge in [-0.15, -0.1) is 0 Å². The second-order valence-electron chi connectivity index (χ2n) is 4.68. The largest absolute Gasteiger partial charge is 0.302 e. The van der Waals surface area contributed by atoms with E-state index in [1.165, 1.54) is 6.42 Å². The van der Waals surface area contributed by atoms with Gasteiger partial charge in [0.05, 0.1) is 0 Å². The summed E-state index contributed by atoms with van der Waals surface area (Å²) in [5.41, 5.74) is 0.925. The van der Waals surface area contributed by atoms with Crippen molar-refractivity contribution < 1.29 is 12.9 Å². The van der Waals surface area contributed by atoms with Gasteiger partial charge in [0.15, 0.2) is 0 Å². The quantitative estimate of drug-likeness (QED) is 0.848. The van der Waals surface area contributed by atoms with Gasteiger partial charge in [0.1, 0.15) is 6.10 Å². The highest BCUT2D eigenvalue weighted by Crippen LogP contribution is 2.37. The first-order valence-electron chi connectivity index (χ1n) is 6.20. The lowest BCUT2D eigenvalue weighted by Crippen LogP contribution is -2.19. The average Bonchev–Trinajstić information content (AvgIpc) is 2.38. The highest BCUT2D eigenvalue weighted by Gasteiger charge is 2.27. The molecular weight excluding hydrogens is 272 g/mol. The number of halogens is 1. The molecule has 1 aliphatic carbocycles. The van der Waals surface area contributed by atoms with E-state index in [4.69, 9.17) is 20.3 Å². The van der Waals surface area contributed by atoms with Crippen molar-refractivity contribution in [3.63, 3.8) is 0 Å². The zero-order chi connectivity index (χ0) is 13.0. The Labute approximate surface area is 115 Å². The van der Waals surface area contributed by atoms with E-state index in [0.717, 1.165) is 31.2 Å². The second kappa shape index (κ2) is 6.66. The third-order valence-electron chi connectivity index (χ3n) is 3.46. The van der Waals surface area contributed by atoms with Crippen molar-refractivity contribution in [2.75, 3.05) is 0 Å². The Hall–Kier alpha value is -0.420. The summed E-state index contributed by atoms with van der Waals surface area (Å²) in [5.74, 6) is 0.316. The van der Waals surface area contributed by atoms with Gasteiger partial charge >= 0.3 is 11.4 Å². The summed E-state index contributed by atoms with van der Waals surface area (Å²) in [6.45, 7) is 0. The molecule has 0 aliphatic heterocycles. The van der Waals surface area contributed by atoms with Crippen LogP contribution in [0.3, 0.4) is 0 Å². The normalized spacial score (nSPS) is 20.6. The molecule has 3 nitrogen and oxygen atoms in total. The van der Waals surface area contributed by atoms with E-state index < -0.39 is 11.4 Å². The summed E-state index contributed by atoms with van der Waals surface area (Å²) in [6, 6.07) is 7.32.